The van der Waals surface area contributed by atoms with E-state index in [0.29, 0.717) is 23.5 Å². The number of carboxylic acid groups (broad SMARTS) is 1. The smallest absolute Gasteiger partial charge is 0.307 e. The molecule has 0 aliphatic heterocycles. The van der Waals surface area contributed by atoms with Gasteiger partial charge in [-0.1, -0.05) is 26.7 Å². The third-order valence-electron chi connectivity index (χ3n) is 3.48. The topological polar surface area (TPSA) is 66.4 Å². The monoisotopic (exact) mass is 273 g/mol. The molecule has 0 spiro atoms. The van der Waals surface area contributed by atoms with E-state index in [0.717, 1.165) is 6.42 Å². The van der Waals surface area contributed by atoms with E-state index < -0.39 is 11.9 Å². The summed E-state index contributed by atoms with van der Waals surface area (Å²) in [7, 11) is 0. The van der Waals surface area contributed by atoms with Crippen LogP contribution in [0.25, 0.3) is 0 Å². The number of thioether (sulfide) groups is 1. The minimum Gasteiger partial charge on any atom is -0.481 e. The molecule has 1 amide bonds. The Hall–Kier alpha value is -0.710. The summed E-state index contributed by atoms with van der Waals surface area (Å²) in [6.45, 7) is 3.85. The minimum absolute atomic E-state index is 0.0383. The fraction of sp³-hybridized carbons (Fsp3) is 0.846. The Morgan fingerprint density at radius 3 is 2.67 bits per heavy atom. The molecule has 0 heterocycles. The van der Waals surface area contributed by atoms with Crippen molar-refractivity contribution >= 4 is 23.6 Å². The first-order chi connectivity index (χ1) is 8.50. The summed E-state index contributed by atoms with van der Waals surface area (Å²) < 4.78 is 0. The van der Waals surface area contributed by atoms with Crippen LogP contribution in [0.15, 0.2) is 0 Å². The van der Waals surface area contributed by atoms with E-state index in [1.54, 1.807) is 6.92 Å². The summed E-state index contributed by atoms with van der Waals surface area (Å²) in [6, 6.07) is 0.309. The van der Waals surface area contributed by atoms with Crippen LogP contribution in [0.5, 0.6) is 0 Å². The van der Waals surface area contributed by atoms with Crippen molar-refractivity contribution in [3.8, 4) is 0 Å². The van der Waals surface area contributed by atoms with Gasteiger partial charge in [-0.2, -0.15) is 11.8 Å². The van der Waals surface area contributed by atoms with E-state index in [2.05, 4.69) is 12.2 Å². The fourth-order valence-corrected chi connectivity index (χ4v) is 3.06. The summed E-state index contributed by atoms with van der Waals surface area (Å²) in [5.41, 5.74) is 0. The highest BCUT2D eigenvalue weighted by Gasteiger charge is 2.22. The second-order valence-corrected chi connectivity index (χ2v) is 6.22. The van der Waals surface area contributed by atoms with E-state index in [1.165, 1.54) is 31.0 Å². The Morgan fingerprint density at radius 1 is 1.39 bits per heavy atom. The van der Waals surface area contributed by atoms with Crippen molar-refractivity contribution < 1.29 is 14.7 Å². The molecular weight excluding hydrogens is 250 g/mol. The largest absolute Gasteiger partial charge is 0.481 e. The number of aliphatic carboxylic acids is 1. The third-order valence-corrected chi connectivity index (χ3v) is 4.68. The van der Waals surface area contributed by atoms with Gasteiger partial charge in [-0.3, -0.25) is 9.59 Å². The van der Waals surface area contributed by atoms with E-state index >= 15 is 0 Å². The first-order valence-electron chi connectivity index (χ1n) is 6.60. The van der Waals surface area contributed by atoms with Gasteiger partial charge in [-0.05, 0) is 18.8 Å². The van der Waals surface area contributed by atoms with Gasteiger partial charge < -0.3 is 10.4 Å². The Kier molecular flexibility index (Phi) is 6.54. The molecule has 4 nitrogen and oxygen atoms in total. The van der Waals surface area contributed by atoms with Gasteiger partial charge in [0.15, 0.2) is 0 Å². The number of nitrogens with one attached hydrogen (secondary N) is 1. The second-order valence-electron chi connectivity index (χ2n) is 5.19. The lowest BCUT2D eigenvalue weighted by molar-refractivity contribution is -0.140. The lowest BCUT2D eigenvalue weighted by atomic mass is 9.86. The number of rotatable bonds is 6. The van der Waals surface area contributed by atoms with Crippen LogP contribution in [0.4, 0.5) is 0 Å². The molecule has 0 aromatic heterocycles. The Morgan fingerprint density at radius 2 is 2.06 bits per heavy atom. The summed E-state index contributed by atoms with van der Waals surface area (Å²) in [6.07, 6.45) is 4.72. The van der Waals surface area contributed by atoms with Crippen LogP contribution in [0.3, 0.4) is 0 Å². The summed E-state index contributed by atoms with van der Waals surface area (Å²) in [5, 5.41) is 11.8. The first-order valence-corrected chi connectivity index (χ1v) is 7.76. The van der Waals surface area contributed by atoms with Crippen molar-refractivity contribution in [2.75, 3.05) is 11.5 Å². The van der Waals surface area contributed by atoms with Crippen molar-refractivity contribution in [3.63, 3.8) is 0 Å². The van der Waals surface area contributed by atoms with Gasteiger partial charge in [-0.15, -0.1) is 0 Å². The molecule has 2 N–H and O–H groups in total. The molecule has 5 heteroatoms. The predicted molar refractivity (Wildman–Crippen MR) is 73.7 cm³/mol. The van der Waals surface area contributed by atoms with Crippen LogP contribution in [0, 0.1) is 11.8 Å². The maximum atomic E-state index is 11.7. The van der Waals surface area contributed by atoms with Gasteiger partial charge in [0, 0.05) is 11.8 Å². The summed E-state index contributed by atoms with van der Waals surface area (Å²) in [5.74, 6) is 0.256. The van der Waals surface area contributed by atoms with Gasteiger partial charge in [0.05, 0.1) is 11.7 Å². The molecule has 1 fully saturated rings. The van der Waals surface area contributed by atoms with Crippen molar-refractivity contribution in [1.82, 2.24) is 5.32 Å². The Labute approximate surface area is 113 Å². The molecule has 0 bridgehead atoms. The van der Waals surface area contributed by atoms with Gasteiger partial charge >= 0.3 is 5.97 Å². The van der Waals surface area contributed by atoms with Crippen molar-refractivity contribution in [2.24, 2.45) is 11.8 Å². The van der Waals surface area contributed by atoms with Gasteiger partial charge in [0.1, 0.15) is 0 Å². The number of carbonyl (C=O) groups excluding carboxylic acids is 1. The van der Waals surface area contributed by atoms with E-state index in [9.17, 15) is 9.59 Å². The van der Waals surface area contributed by atoms with Crippen LogP contribution in [-0.4, -0.2) is 34.5 Å². The van der Waals surface area contributed by atoms with Gasteiger partial charge in [-0.25, -0.2) is 0 Å². The molecule has 1 aliphatic rings. The zero-order valence-electron chi connectivity index (χ0n) is 11.1. The van der Waals surface area contributed by atoms with Crippen LogP contribution in [-0.2, 0) is 9.59 Å². The predicted octanol–water partition coefficient (Wildman–Crippen LogP) is 2.14. The molecule has 18 heavy (non-hydrogen) atoms. The molecule has 0 aromatic rings. The lowest BCUT2D eigenvalue weighted by Crippen LogP contribution is -2.41. The zero-order chi connectivity index (χ0) is 13.5. The van der Waals surface area contributed by atoms with Crippen LogP contribution >= 0.6 is 11.8 Å². The lowest BCUT2D eigenvalue weighted by Gasteiger charge is -2.29. The number of carbonyl (C=O) groups is 2. The van der Waals surface area contributed by atoms with Crippen LogP contribution in [0.2, 0.25) is 0 Å². The Bertz CT molecular complexity index is 296. The molecule has 0 aromatic carbocycles. The number of hydrogen-bond acceptors (Lipinski definition) is 3. The second kappa shape index (κ2) is 7.67. The molecule has 1 rings (SSSR count). The molecule has 1 aliphatic carbocycles. The molecule has 0 saturated heterocycles. The Balaban J connectivity index is 2.19. The highest BCUT2D eigenvalue weighted by atomic mass is 32.2. The molecule has 3 unspecified atom stereocenters. The molecular formula is C13H23NO3S. The van der Waals surface area contributed by atoms with Crippen molar-refractivity contribution in [3.05, 3.63) is 0 Å². The molecule has 0 radical (unpaired) electrons. The average Bonchev–Trinajstić information content (AvgIpc) is 2.32. The average molecular weight is 273 g/mol. The van der Waals surface area contributed by atoms with E-state index in [4.69, 9.17) is 5.11 Å². The fourth-order valence-electron chi connectivity index (χ4n) is 2.18. The minimum atomic E-state index is -0.802. The highest BCUT2D eigenvalue weighted by Crippen LogP contribution is 2.23. The quantitative estimate of drug-likeness (QED) is 0.778. The van der Waals surface area contributed by atoms with Crippen molar-refractivity contribution in [2.45, 2.75) is 45.6 Å². The van der Waals surface area contributed by atoms with E-state index in [1.807, 2.05) is 0 Å². The highest BCUT2D eigenvalue weighted by molar-refractivity contribution is 7.99. The normalized spacial score (nSPS) is 25.4. The van der Waals surface area contributed by atoms with Crippen molar-refractivity contribution in [1.29, 1.82) is 0 Å². The molecule has 104 valence electrons. The third kappa shape index (κ3) is 5.29. The SMILES string of the molecule is CC(CSCC(=O)NC1CCCCC1C)C(=O)O. The maximum Gasteiger partial charge on any atom is 0.307 e. The zero-order valence-corrected chi connectivity index (χ0v) is 12.0. The summed E-state index contributed by atoms with van der Waals surface area (Å²) in [4.78, 5) is 22.3. The number of carboxylic acids is 1. The number of amides is 1. The summed E-state index contributed by atoms with van der Waals surface area (Å²) >= 11 is 1.39. The van der Waals surface area contributed by atoms with Crippen LogP contribution < -0.4 is 5.32 Å². The van der Waals surface area contributed by atoms with Gasteiger partial charge in [0.2, 0.25) is 5.91 Å². The van der Waals surface area contributed by atoms with Gasteiger partial charge in [0.25, 0.3) is 0 Å². The number of hydrogen-bond donors (Lipinski definition) is 2. The van der Waals surface area contributed by atoms with E-state index in [-0.39, 0.29) is 5.91 Å². The maximum absolute atomic E-state index is 11.7. The molecule has 3 atom stereocenters. The standard InChI is InChI=1S/C13H23NO3S/c1-9-5-3-4-6-11(9)14-12(15)8-18-7-10(2)13(16)17/h9-11H,3-8H2,1-2H3,(H,14,15)(H,16,17). The molecule has 1 saturated carbocycles. The first kappa shape index (κ1) is 15.3. The van der Waals surface area contributed by atoms with Crippen LogP contribution in [0.1, 0.15) is 39.5 Å².